The number of rotatable bonds is 6. The van der Waals surface area contributed by atoms with Crippen LogP contribution in [0.2, 0.25) is 0 Å². The van der Waals surface area contributed by atoms with Crippen molar-refractivity contribution in [2.45, 2.75) is 13.5 Å². The van der Waals surface area contributed by atoms with Crippen molar-refractivity contribution >= 4 is 11.9 Å². The van der Waals surface area contributed by atoms with Crippen molar-refractivity contribution in [1.82, 2.24) is 14.7 Å². The molecule has 0 aliphatic carbocycles. The second-order valence-corrected chi connectivity index (χ2v) is 5.31. The molecular formula is C16H19N3O3. The van der Waals surface area contributed by atoms with Gasteiger partial charge in [-0.05, 0) is 5.56 Å². The lowest BCUT2D eigenvalue weighted by atomic mass is 10.1. The summed E-state index contributed by atoms with van der Waals surface area (Å²) in [7, 11) is 1.73. The van der Waals surface area contributed by atoms with Gasteiger partial charge in [0.2, 0.25) is 0 Å². The first-order valence-corrected chi connectivity index (χ1v) is 7.02. The van der Waals surface area contributed by atoms with E-state index in [1.165, 1.54) is 6.20 Å². The summed E-state index contributed by atoms with van der Waals surface area (Å²) >= 11 is 0. The standard InChI is InChI=1S/C16H19N3O3/c1-12(16(21)22)9-19(10-13-6-4-3-5-7-13)15(20)14-8-17-18(2)11-14/h3-8,11-12H,9-10H2,1-2H3,(H,21,22)/t12-/m1/s1. The van der Waals surface area contributed by atoms with Gasteiger partial charge in [0.1, 0.15) is 0 Å². The molecule has 0 bridgehead atoms. The third-order valence-electron chi connectivity index (χ3n) is 3.37. The zero-order chi connectivity index (χ0) is 16.1. The molecule has 1 heterocycles. The molecule has 0 unspecified atom stereocenters. The quantitative estimate of drug-likeness (QED) is 0.882. The van der Waals surface area contributed by atoms with Crippen LogP contribution >= 0.6 is 0 Å². The highest BCUT2D eigenvalue weighted by atomic mass is 16.4. The average molecular weight is 301 g/mol. The van der Waals surface area contributed by atoms with Crippen molar-refractivity contribution in [3.63, 3.8) is 0 Å². The molecule has 0 spiro atoms. The molecule has 1 atom stereocenters. The van der Waals surface area contributed by atoms with Gasteiger partial charge >= 0.3 is 5.97 Å². The van der Waals surface area contributed by atoms with Crippen LogP contribution in [0.25, 0.3) is 0 Å². The number of carbonyl (C=O) groups excluding carboxylic acids is 1. The molecule has 22 heavy (non-hydrogen) atoms. The van der Waals surface area contributed by atoms with Crippen molar-refractivity contribution in [1.29, 1.82) is 0 Å². The lowest BCUT2D eigenvalue weighted by molar-refractivity contribution is -0.141. The number of carbonyl (C=O) groups is 2. The van der Waals surface area contributed by atoms with E-state index in [0.29, 0.717) is 12.1 Å². The van der Waals surface area contributed by atoms with E-state index in [4.69, 9.17) is 5.11 Å². The Morgan fingerprint density at radius 3 is 2.55 bits per heavy atom. The maximum Gasteiger partial charge on any atom is 0.308 e. The number of carboxylic acids is 1. The Bertz CT molecular complexity index is 652. The Morgan fingerprint density at radius 2 is 2.00 bits per heavy atom. The van der Waals surface area contributed by atoms with Gasteiger partial charge in [-0.15, -0.1) is 0 Å². The van der Waals surface area contributed by atoms with Gasteiger partial charge in [0.25, 0.3) is 5.91 Å². The van der Waals surface area contributed by atoms with E-state index in [2.05, 4.69) is 5.10 Å². The Labute approximate surface area is 129 Å². The second kappa shape index (κ2) is 6.89. The third-order valence-corrected chi connectivity index (χ3v) is 3.37. The SMILES string of the molecule is C[C@H](CN(Cc1ccccc1)C(=O)c1cnn(C)c1)C(=O)O. The van der Waals surface area contributed by atoms with E-state index < -0.39 is 11.9 Å². The van der Waals surface area contributed by atoms with E-state index in [0.717, 1.165) is 5.56 Å². The van der Waals surface area contributed by atoms with Gasteiger partial charge in [-0.2, -0.15) is 5.10 Å². The molecule has 116 valence electrons. The van der Waals surface area contributed by atoms with E-state index in [1.807, 2.05) is 30.3 Å². The van der Waals surface area contributed by atoms with Gasteiger partial charge in [-0.1, -0.05) is 37.3 Å². The minimum absolute atomic E-state index is 0.151. The molecule has 0 aliphatic rings. The predicted molar refractivity (Wildman–Crippen MR) is 81.2 cm³/mol. The summed E-state index contributed by atoms with van der Waals surface area (Å²) in [6.07, 6.45) is 3.12. The smallest absolute Gasteiger partial charge is 0.308 e. The molecule has 1 aromatic carbocycles. The summed E-state index contributed by atoms with van der Waals surface area (Å²) < 4.78 is 1.55. The lowest BCUT2D eigenvalue weighted by Gasteiger charge is -2.24. The topological polar surface area (TPSA) is 75.4 Å². The number of hydrogen-bond donors (Lipinski definition) is 1. The number of aliphatic carboxylic acids is 1. The molecule has 1 amide bonds. The van der Waals surface area contributed by atoms with Crippen molar-refractivity contribution < 1.29 is 14.7 Å². The molecule has 0 aliphatic heterocycles. The summed E-state index contributed by atoms with van der Waals surface area (Å²) in [5.74, 6) is -1.77. The molecule has 0 radical (unpaired) electrons. The average Bonchev–Trinajstić information content (AvgIpc) is 2.93. The van der Waals surface area contributed by atoms with Crippen LogP contribution in [-0.2, 0) is 18.4 Å². The van der Waals surface area contributed by atoms with Crippen LogP contribution < -0.4 is 0 Å². The minimum Gasteiger partial charge on any atom is -0.481 e. The fraction of sp³-hybridized carbons (Fsp3) is 0.312. The summed E-state index contributed by atoms with van der Waals surface area (Å²) in [6.45, 7) is 2.11. The maximum absolute atomic E-state index is 12.6. The lowest BCUT2D eigenvalue weighted by Crippen LogP contribution is -2.36. The summed E-state index contributed by atoms with van der Waals surface area (Å²) in [5.41, 5.74) is 1.41. The Hall–Kier alpha value is -2.63. The monoisotopic (exact) mass is 301 g/mol. The highest BCUT2D eigenvalue weighted by Crippen LogP contribution is 2.12. The molecule has 6 nitrogen and oxygen atoms in total. The zero-order valence-electron chi connectivity index (χ0n) is 12.6. The first-order valence-electron chi connectivity index (χ1n) is 7.02. The van der Waals surface area contributed by atoms with Crippen LogP contribution in [0.5, 0.6) is 0 Å². The number of amides is 1. The van der Waals surface area contributed by atoms with E-state index >= 15 is 0 Å². The van der Waals surface area contributed by atoms with Crippen molar-refractivity contribution in [3.8, 4) is 0 Å². The normalized spacial score (nSPS) is 11.9. The largest absolute Gasteiger partial charge is 0.481 e. The maximum atomic E-state index is 12.6. The van der Waals surface area contributed by atoms with Crippen LogP contribution in [0.15, 0.2) is 42.7 Å². The molecule has 1 N–H and O–H groups in total. The summed E-state index contributed by atoms with van der Waals surface area (Å²) in [6, 6.07) is 9.51. The van der Waals surface area contributed by atoms with Gasteiger partial charge in [0, 0.05) is 26.3 Å². The van der Waals surface area contributed by atoms with Crippen LogP contribution in [0.1, 0.15) is 22.8 Å². The molecule has 0 saturated carbocycles. The van der Waals surface area contributed by atoms with Gasteiger partial charge in [0.15, 0.2) is 0 Å². The highest BCUT2D eigenvalue weighted by Gasteiger charge is 2.22. The highest BCUT2D eigenvalue weighted by molar-refractivity contribution is 5.94. The van der Waals surface area contributed by atoms with Crippen LogP contribution in [-0.4, -0.2) is 38.2 Å². The molecule has 2 rings (SSSR count). The van der Waals surface area contributed by atoms with Gasteiger partial charge < -0.3 is 10.0 Å². The van der Waals surface area contributed by atoms with Gasteiger partial charge in [-0.3, -0.25) is 14.3 Å². The predicted octanol–water partition coefficient (Wildman–Crippen LogP) is 1.78. The first kappa shape index (κ1) is 15.8. The molecule has 2 aromatic rings. The molecule has 0 fully saturated rings. The Kier molecular flexibility index (Phi) is 4.93. The Morgan fingerprint density at radius 1 is 1.32 bits per heavy atom. The summed E-state index contributed by atoms with van der Waals surface area (Å²) in [5, 5.41) is 13.1. The van der Waals surface area contributed by atoms with E-state index in [9.17, 15) is 9.59 Å². The van der Waals surface area contributed by atoms with Gasteiger partial charge in [-0.25, -0.2) is 0 Å². The van der Waals surface area contributed by atoms with Crippen molar-refractivity contribution in [2.75, 3.05) is 6.54 Å². The van der Waals surface area contributed by atoms with Crippen LogP contribution in [0.3, 0.4) is 0 Å². The summed E-state index contributed by atoms with van der Waals surface area (Å²) in [4.78, 5) is 25.2. The van der Waals surface area contributed by atoms with Crippen molar-refractivity contribution in [3.05, 3.63) is 53.9 Å². The number of benzene rings is 1. The van der Waals surface area contributed by atoms with Crippen LogP contribution in [0.4, 0.5) is 0 Å². The molecule has 0 saturated heterocycles. The number of nitrogens with zero attached hydrogens (tertiary/aromatic N) is 3. The first-order chi connectivity index (χ1) is 10.5. The zero-order valence-corrected chi connectivity index (χ0v) is 12.6. The fourth-order valence-corrected chi connectivity index (χ4v) is 2.15. The van der Waals surface area contributed by atoms with Crippen LogP contribution in [0, 0.1) is 5.92 Å². The van der Waals surface area contributed by atoms with Gasteiger partial charge in [0.05, 0.1) is 17.7 Å². The van der Waals surface area contributed by atoms with E-state index in [1.54, 1.807) is 29.7 Å². The number of carboxylic acid groups (broad SMARTS) is 1. The Balaban J connectivity index is 2.20. The minimum atomic E-state index is -0.919. The number of aromatic nitrogens is 2. The molecule has 6 heteroatoms. The molecular weight excluding hydrogens is 282 g/mol. The van der Waals surface area contributed by atoms with E-state index in [-0.39, 0.29) is 12.5 Å². The fourth-order valence-electron chi connectivity index (χ4n) is 2.15. The van der Waals surface area contributed by atoms with Crippen molar-refractivity contribution in [2.24, 2.45) is 13.0 Å². The third kappa shape index (κ3) is 3.94. The number of hydrogen-bond acceptors (Lipinski definition) is 3. The second-order valence-electron chi connectivity index (χ2n) is 5.31. The number of aryl methyl sites for hydroxylation is 1. The molecule has 1 aromatic heterocycles.